The molecule has 1 amide bonds. The highest BCUT2D eigenvalue weighted by molar-refractivity contribution is 5.94. The van der Waals surface area contributed by atoms with Gasteiger partial charge in [0.05, 0.1) is 18.3 Å². The van der Waals surface area contributed by atoms with E-state index >= 15 is 0 Å². The standard InChI is InChI=1S/C22H23F2N3O2/c1-14-9-16(3)27(26-14)12-17-5-4-6-18(10-17)22(28)25-15(2)13-29-21-8-7-19(23)11-20(21)24/h4-11,15H,12-13H2,1-3H3,(H,25,28). The van der Waals surface area contributed by atoms with Crippen LogP contribution in [0.25, 0.3) is 0 Å². The Hall–Kier alpha value is -3.22. The maximum Gasteiger partial charge on any atom is 0.251 e. The van der Waals surface area contributed by atoms with Crippen LogP contribution in [0.15, 0.2) is 48.5 Å². The van der Waals surface area contributed by atoms with Crippen LogP contribution < -0.4 is 10.1 Å². The molecule has 0 fully saturated rings. The van der Waals surface area contributed by atoms with E-state index in [0.29, 0.717) is 12.1 Å². The smallest absolute Gasteiger partial charge is 0.251 e. The summed E-state index contributed by atoms with van der Waals surface area (Å²) in [5, 5.41) is 7.26. The van der Waals surface area contributed by atoms with E-state index in [1.54, 1.807) is 13.0 Å². The van der Waals surface area contributed by atoms with Crippen LogP contribution in [0.5, 0.6) is 5.75 Å². The number of aryl methyl sites for hydroxylation is 2. The first-order valence-electron chi connectivity index (χ1n) is 9.30. The maximum atomic E-state index is 13.6. The van der Waals surface area contributed by atoms with Crippen molar-refractivity contribution in [1.82, 2.24) is 15.1 Å². The van der Waals surface area contributed by atoms with Crippen LogP contribution in [-0.2, 0) is 6.54 Å². The van der Waals surface area contributed by atoms with Gasteiger partial charge in [0.2, 0.25) is 0 Å². The number of benzene rings is 2. The van der Waals surface area contributed by atoms with Gasteiger partial charge in [0.25, 0.3) is 5.91 Å². The number of hydrogen-bond acceptors (Lipinski definition) is 3. The lowest BCUT2D eigenvalue weighted by Gasteiger charge is -2.16. The molecule has 7 heteroatoms. The molecule has 1 N–H and O–H groups in total. The van der Waals surface area contributed by atoms with Crippen molar-refractivity contribution in [2.45, 2.75) is 33.4 Å². The monoisotopic (exact) mass is 399 g/mol. The number of aromatic nitrogens is 2. The van der Waals surface area contributed by atoms with E-state index < -0.39 is 11.6 Å². The zero-order valence-electron chi connectivity index (χ0n) is 16.6. The second-order valence-electron chi connectivity index (χ2n) is 7.05. The highest BCUT2D eigenvalue weighted by atomic mass is 19.1. The van der Waals surface area contributed by atoms with Gasteiger partial charge in [-0.3, -0.25) is 9.48 Å². The quantitative estimate of drug-likeness (QED) is 0.653. The van der Waals surface area contributed by atoms with Crippen LogP contribution in [0, 0.1) is 25.5 Å². The Labute approximate surface area is 168 Å². The van der Waals surface area contributed by atoms with Crippen LogP contribution in [0.4, 0.5) is 8.78 Å². The highest BCUT2D eigenvalue weighted by Gasteiger charge is 2.13. The van der Waals surface area contributed by atoms with Gasteiger partial charge in [0, 0.05) is 17.3 Å². The number of carbonyl (C=O) groups is 1. The molecular formula is C22H23F2N3O2. The fourth-order valence-electron chi connectivity index (χ4n) is 2.97. The third-order valence-corrected chi connectivity index (χ3v) is 4.39. The molecule has 1 unspecified atom stereocenters. The van der Waals surface area contributed by atoms with Crippen molar-refractivity contribution in [2.24, 2.45) is 0 Å². The van der Waals surface area contributed by atoms with E-state index in [2.05, 4.69) is 10.4 Å². The lowest BCUT2D eigenvalue weighted by Crippen LogP contribution is -2.36. The molecule has 3 rings (SSSR count). The molecule has 29 heavy (non-hydrogen) atoms. The van der Waals surface area contributed by atoms with Crippen molar-refractivity contribution in [3.05, 3.63) is 82.7 Å². The van der Waals surface area contributed by atoms with Gasteiger partial charge in [-0.05, 0) is 56.7 Å². The molecule has 0 saturated carbocycles. The Kier molecular flexibility index (Phi) is 6.26. The summed E-state index contributed by atoms with van der Waals surface area (Å²) in [7, 11) is 0. The van der Waals surface area contributed by atoms with Crippen molar-refractivity contribution in [3.63, 3.8) is 0 Å². The highest BCUT2D eigenvalue weighted by Crippen LogP contribution is 2.17. The van der Waals surface area contributed by atoms with E-state index in [-0.39, 0.29) is 24.3 Å². The summed E-state index contributed by atoms with van der Waals surface area (Å²) in [6.07, 6.45) is 0. The van der Waals surface area contributed by atoms with Crippen LogP contribution >= 0.6 is 0 Å². The molecule has 0 saturated heterocycles. The number of nitrogens with one attached hydrogen (secondary N) is 1. The minimum atomic E-state index is -0.777. The molecule has 0 spiro atoms. The van der Waals surface area contributed by atoms with Crippen molar-refractivity contribution >= 4 is 5.91 Å². The van der Waals surface area contributed by atoms with Crippen molar-refractivity contribution < 1.29 is 18.3 Å². The molecule has 0 bridgehead atoms. The third-order valence-electron chi connectivity index (χ3n) is 4.39. The Morgan fingerprint density at radius 1 is 1.17 bits per heavy atom. The second-order valence-corrected chi connectivity index (χ2v) is 7.05. The van der Waals surface area contributed by atoms with E-state index in [4.69, 9.17) is 4.74 Å². The largest absolute Gasteiger partial charge is 0.488 e. The Bertz CT molecular complexity index is 1020. The molecule has 0 aliphatic carbocycles. The lowest BCUT2D eigenvalue weighted by atomic mass is 10.1. The van der Waals surface area contributed by atoms with E-state index in [0.717, 1.165) is 29.1 Å². The molecule has 1 heterocycles. The van der Waals surface area contributed by atoms with E-state index in [1.807, 2.05) is 42.8 Å². The SMILES string of the molecule is Cc1cc(C)n(Cc2cccc(C(=O)NC(C)COc3ccc(F)cc3F)c2)n1. The van der Waals surface area contributed by atoms with Gasteiger partial charge >= 0.3 is 0 Å². The summed E-state index contributed by atoms with van der Waals surface area (Å²) in [5.74, 6) is -1.76. The summed E-state index contributed by atoms with van der Waals surface area (Å²) in [6, 6.07) is 12.0. The molecule has 0 aliphatic heterocycles. The minimum absolute atomic E-state index is 0.0553. The van der Waals surface area contributed by atoms with E-state index in [9.17, 15) is 13.6 Å². The van der Waals surface area contributed by atoms with Crippen molar-refractivity contribution in [3.8, 4) is 5.75 Å². The average molecular weight is 399 g/mol. The summed E-state index contributed by atoms with van der Waals surface area (Å²) in [4.78, 5) is 12.5. The molecule has 5 nitrogen and oxygen atoms in total. The zero-order valence-corrected chi connectivity index (χ0v) is 16.6. The van der Waals surface area contributed by atoms with E-state index in [1.165, 1.54) is 6.07 Å². The molecule has 2 aromatic carbocycles. The van der Waals surface area contributed by atoms with Gasteiger partial charge in [0.15, 0.2) is 11.6 Å². The molecule has 1 atom stereocenters. The van der Waals surface area contributed by atoms with Crippen molar-refractivity contribution in [2.75, 3.05) is 6.61 Å². The third kappa shape index (κ3) is 5.40. The molecule has 0 aliphatic rings. The lowest BCUT2D eigenvalue weighted by molar-refractivity contribution is 0.0926. The van der Waals surface area contributed by atoms with Crippen LogP contribution in [0.2, 0.25) is 0 Å². The van der Waals surface area contributed by atoms with Gasteiger partial charge in [-0.25, -0.2) is 8.78 Å². The number of rotatable bonds is 7. The number of amides is 1. The van der Waals surface area contributed by atoms with Gasteiger partial charge < -0.3 is 10.1 Å². The summed E-state index contributed by atoms with van der Waals surface area (Å²) >= 11 is 0. The Morgan fingerprint density at radius 2 is 1.97 bits per heavy atom. The second kappa shape index (κ2) is 8.86. The van der Waals surface area contributed by atoms with Crippen molar-refractivity contribution in [1.29, 1.82) is 0 Å². The first kappa shape index (κ1) is 20.5. The van der Waals surface area contributed by atoms with Gasteiger partial charge in [-0.15, -0.1) is 0 Å². The predicted molar refractivity (Wildman–Crippen MR) is 106 cm³/mol. The normalized spacial score (nSPS) is 11.9. The first-order chi connectivity index (χ1) is 13.8. The van der Waals surface area contributed by atoms with Gasteiger partial charge in [-0.1, -0.05) is 12.1 Å². The minimum Gasteiger partial charge on any atom is -0.488 e. The number of hydrogen-bond donors (Lipinski definition) is 1. The van der Waals surface area contributed by atoms with Crippen LogP contribution in [-0.4, -0.2) is 28.3 Å². The number of ether oxygens (including phenoxy) is 1. The fourth-order valence-corrected chi connectivity index (χ4v) is 2.97. The molecule has 1 aromatic heterocycles. The molecule has 152 valence electrons. The summed E-state index contributed by atoms with van der Waals surface area (Å²) < 4.78 is 33.8. The summed E-state index contributed by atoms with van der Waals surface area (Å²) in [6.45, 7) is 6.30. The Morgan fingerprint density at radius 3 is 2.66 bits per heavy atom. The topological polar surface area (TPSA) is 56.2 Å². The van der Waals surface area contributed by atoms with Crippen LogP contribution in [0.3, 0.4) is 0 Å². The number of carbonyl (C=O) groups excluding carboxylic acids is 1. The molecular weight excluding hydrogens is 376 g/mol. The number of nitrogens with zero attached hydrogens (tertiary/aromatic N) is 2. The maximum absolute atomic E-state index is 13.6. The fraction of sp³-hybridized carbons (Fsp3) is 0.273. The van der Waals surface area contributed by atoms with Gasteiger partial charge in [-0.2, -0.15) is 5.10 Å². The van der Waals surface area contributed by atoms with Gasteiger partial charge in [0.1, 0.15) is 12.4 Å². The zero-order chi connectivity index (χ0) is 21.0. The average Bonchev–Trinajstić information content (AvgIpc) is 2.98. The Balaban J connectivity index is 1.59. The predicted octanol–water partition coefficient (Wildman–Crippen LogP) is 4.02. The molecule has 3 aromatic rings. The first-order valence-corrected chi connectivity index (χ1v) is 9.30. The summed E-state index contributed by atoms with van der Waals surface area (Å²) in [5.41, 5.74) is 3.48. The van der Waals surface area contributed by atoms with Crippen LogP contribution in [0.1, 0.15) is 34.2 Å². The molecule has 0 radical (unpaired) electrons. The number of halogens is 2.